The summed E-state index contributed by atoms with van der Waals surface area (Å²) in [6.07, 6.45) is 8.49. The summed E-state index contributed by atoms with van der Waals surface area (Å²) in [5.74, 6) is 0.725. The lowest BCUT2D eigenvalue weighted by molar-refractivity contribution is 0.131. The average molecular weight is 360 g/mol. The predicted octanol–water partition coefficient (Wildman–Crippen LogP) is 3.06. The molecular weight excluding hydrogens is 326 g/mol. The molecule has 5 nitrogen and oxygen atoms in total. The van der Waals surface area contributed by atoms with E-state index >= 15 is 0 Å². The predicted molar refractivity (Wildman–Crippen MR) is 104 cm³/mol. The monoisotopic (exact) mass is 359 g/mol. The fourth-order valence-corrected chi connectivity index (χ4v) is 4.31. The average Bonchev–Trinajstić information content (AvgIpc) is 3.22. The van der Waals surface area contributed by atoms with Crippen molar-refractivity contribution < 1.29 is 9.90 Å². The number of hydrogen-bond donors (Lipinski definition) is 3. The summed E-state index contributed by atoms with van der Waals surface area (Å²) in [7, 11) is 0. The van der Waals surface area contributed by atoms with Crippen LogP contribution in [0.3, 0.4) is 0 Å². The standard InChI is InChI=1S/C21H33N3O2/c25-20(18-6-2-1-3-7-18)16-23-21(26)22-13-10-17-11-14-24(15-12-17)19-8-4-5-9-19/h1-3,6-7,17,19-20,25H,4-5,8-16H2,(H2,22,23,26). The van der Waals surface area contributed by atoms with Gasteiger partial charge in [-0.2, -0.15) is 0 Å². The number of nitrogens with one attached hydrogen (secondary N) is 2. The molecule has 144 valence electrons. The molecule has 2 amide bonds. The van der Waals surface area contributed by atoms with Crippen molar-refractivity contribution in [3.8, 4) is 0 Å². The fourth-order valence-electron chi connectivity index (χ4n) is 4.31. The van der Waals surface area contributed by atoms with E-state index in [1.165, 1.54) is 51.6 Å². The summed E-state index contributed by atoms with van der Waals surface area (Å²) in [6, 6.07) is 10.1. The molecule has 1 saturated carbocycles. The van der Waals surface area contributed by atoms with Crippen LogP contribution in [-0.4, -0.2) is 48.3 Å². The fraction of sp³-hybridized carbons (Fsp3) is 0.667. The zero-order chi connectivity index (χ0) is 18.2. The van der Waals surface area contributed by atoms with E-state index in [4.69, 9.17) is 0 Å². The number of aliphatic hydroxyl groups is 1. The van der Waals surface area contributed by atoms with E-state index in [9.17, 15) is 9.90 Å². The van der Waals surface area contributed by atoms with Gasteiger partial charge in [-0.05, 0) is 56.7 Å². The molecule has 1 aromatic carbocycles. The Balaban J connectivity index is 1.26. The molecule has 1 aromatic rings. The number of rotatable bonds is 7. The minimum atomic E-state index is -0.665. The van der Waals surface area contributed by atoms with Gasteiger partial charge in [0.2, 0.25) is 0 Å². The van der Waals surface area contributed by atoms with E-state index in [2.05, 4.69) is 15.5 Å². The highest BCUT2D eigenvalue weighted by molar-refractivity contribution is 5.73. The Morgan fingerprint density at radius 3 is 2.46 bits per heavy atom. The van der Waals surface area contributed by atoms with Crippen molar-refractivity contribution >= 4 is 6.03 Å². The van der Waals surface area contributed by atoms with E-state index in [-0.39, 0.29) is 12.6 Å². The Morgan fingerprint density at radius 2 is 1.77 bits per heavy atom. The highest BCUT2D eigenvalue weighted by Crippen LogP contribution is 2.28. The first-order valence-electron chi connectivity index (χ1n) is 10.2. The summed E-state index contributed by atoms with van der Waals surface area (Å²) in [4.78, 5) is 14.6. The number of aliphatic hydroxyl groups excluding tert-OH is 1. The maximum absolute atomic E-state index is 11.9. The van der Waals surface area contributed by atoms with E-state index in [0.29, 0.717) is 6.54 Å². The lowest BCUT2D eigenvalue weighted by atomic mass is 9.92. The first-order chi connectivity index (χ1) is 12.7. The third kappa shape index (κ3) is 5.71. The molecule has 1 saturated heterocycles. The molecule has 5 heteroatoms. The molecular formula is C21H33N3O2. The van der Waals surface area contributed by atoms with Crippen LogP contribution in [0.5, 0.6) is 0 Å². The summed E-state index contributed by atoms with van der Waals surface area (Å²) >= 11 is 0. The van der Waals surface area contributed by atoms with Crippen molar-refractivity contribution in [3.05, 3.63) is 35.9 Å². The van der Waals surface area contributed by atoms with Gasteiger partial charge in [0.05, 0.1) is 6.10 Å². The second-order valence-electron chi connectivity index (χ2n) is 7.77. The summed E-state index contributed by atoms with van der Waals surface area (Å²) in [5.41, 5.74) is 0.821. The Bertz CT molecular complexity index is 537. The van der Waals surface area contributed by atoms with Crippen LogP contribution in [0.1, 0.15) is 56.6 Å². The Kier molecular flexibility index (Phi) is 7.32. The molecule has 0 radical (unpaired) electrons. The molecule has 1 atom stereocenters. The van der Waals surface area contributed by atoms with Gasteiger partial charge in [0, 0.05) is 19.1 Å². The number of benzene rings is 1. The van der Waals surface area contributed by atoms with Gasteiger partial charge in [0.1, 0.15) is 0 Å². The normalized spacial score (nSPS) is 20.8. The van der Waals surface area contributed by atoms with Crippen molar-refractivity contribution in [3.63, 3.8) is 0 Å². The minimum absolute atomic E-state index is 0.191. The molecule has 1 aliphatic heterocycles. The number of carbonyl (C=O) groups excluding carboxylic acids is 1. The number of carbonyl (C=O) groups is 1. The maximum atomic E-state index is 11.9. The molecule has 0 spiro atoms. The van der Waals surface area contributed by atoms with Gasteiger partial charge >= 0.3 is 6.03 Å². The number of amides is 2. The summed E-state index contributed by atoms with van der Waals surface area (Å²) in [6.45, 7) is 3.40. The minimum Gasteiger partial charge on any atom is -0.387 e. The van der Waals surface area contributed by atoms with Crippen molar-refractivity contribution in [2.45, 2.75) is 57.1 Å². The maximum Gasteiger partial charge on any atom is 0.314 e. The van der Waals surface area contributed by atoms with E-state index in [1.54, 1.807) is 0 Å². The lowest BCUT2D eigenvalue weighted by Gasteiger charge is -2.36. The summed E-state index contributed by atoms with van der Waals surface area (Å²) < 4.78 is 0. The van der Waals surface area contributed by atoms with Crippen LogP contribution in [0.2, 0.25) is 0 Å². The molecule has 1 aliphatic carbocycles. The highest BCUT2D eigenvalue weighted by atomic mass is 16.3. The van der Waals surface area contributed by atoms with Gasteiger partial charge < -0.3 is 20.6 Å². The van der Waals surface area contributed by atoms with Gasteiger partial charge in [0.25, 0.3) is 0 Å². The van der Waals surface area contributed by atoms with Crippen LogP contribution >= 0.6 is 0 Å². The zero-order valence-electron chi connectivity index (χ0n) is 15.7. The zero-order valence-corrected chi connectivity index (χ0v) is 15.7. The lowest BCUT2D eigenvalue weighted by Crippen LogP contribution is -2.41. The quantitative estimate of drug-likeness (QED) is 0.701. The number of nitrogens with zero attached hydrogens (tertiary/aromatic N) is 1. The van der Waals surface area contributed by atoms with Crippen LogP contribution < -0.4 is 10.6 Å². The Hall–Kier alpha value is -1.59. The molecule has 26 heavy (non-hydrogen) atoms. The summed E-state index contributed by atoms with van der Waals surface area (Å²) in [5, 5.41) is 15.7. The second kappa shape index (κ2) is 9.93. The van der Waals surface area contributed by atoms with Crippen molar-refractivity contribution in [1.82, 2.24) is 15.5 Å². The molecule has 0 aromatic heterocycles. The van der Waals surface area contributed by atoms with Crippen LogP contribution in [0.15, 0.2) is 30.3 Å². The molecule has 2 fully saturated rings. The SMILES string of the molecule is O=C(NCCC1CCN(C2CCCC2)CC1)NCC(O)c1ccccc1. The largest absolute Gasteiger partial charge is 0.387 e. The smallest absolute Gasteiger partial charge is 0.314 e. The van der Waals surface area contributed by atoms with Crippen molar-refractivity contribution in [2.75, 3.05) is 26.2 Å². The van der Waals surface area contributed by atoms with E-state index in [1.807, 2.05) is 30.3 Å². The van der Waals surface area contributed by atoms with Crippen LogP contribution in [0.25, 0.3) is 0 Å². The van der Waals surface area contributed by atoms with Crippen molar-refractivity contribution in [1.29, 1.82) is 0 Å². The third-order valence-electron chi connectivity index (χ3n) is 5.97. The van der Waals surface area contributed by atoms with Crippen LogP contribution in [0, 0.1) is 5.92 Å². The molecule has 1 heterocycles. The number of urea groups is 1. The Morgan fingerprint density at radius 1 is 1.08 bits per heavy atom. The van der Waals surface area contributed by atoms with Gasteiger partial charge in [-0.25, -0.2) is 4.79 Å². The van der Waals surface area contributed by atoms with Gasteiger partial charge in [-0.1, -0.05) is 43.2 Å². The van der Waals surface area contributed by atoms with Crippen LogP contribution in [-0.2, 0) is 0 Å². The molecule has 3 rings (SSSR count). The van der Waals surface area contributed by atoms with Crippen LogP contribution in [0.4, 0.5) is 4.79 Å². The topological polar surface area (TPSA) is 64.6 Å². The molecule has 1 unspecified atom stereocenters. The van der Waals surface area contributed by atoms with Gasteiger partial charge in [-0.3, -0.25) is 0 Å². The Labute approximate surface area is 157 Å². The van der Waals surface area contributed by atoms with E-state index in [0.717, 1.165) is 23.9 Å². The molecule has 2 aliphatic rings. The molecule has 0 bridgehead atoms. The number of hydrogen-bond acceptors (Lipinski definition) is 3. The number of piperidine rings is 1. The first kappa shape index (κ1) is 19.2. The van der Waals surface area contributed by atoms with Gasteiger partial charge in [-0.15, -0.1) is 0 Å². The molecule has 3 N–H and O–H groups in total. The highest BCUT2D eigenvalue weighted by Gasteiger charge is 2.26. The first-order valence-corrected chi connectivity index (χ1v) is 10.2. The third-order valence-corrected chi connectivity index (χ3v) is 5.97. The van der Waals surface area contributed by atoms with Gasteiger partial charge in [0.15, 0.2) is 0 Å². The number of likely N-dealkylation sites (tertiary alicyclic amines) is 1. The van der Waals surface area contributed by atoms with Crippen molar-refractivity contribution in [2.24, 2.45) is 5.92 Å². The van der Waals surface area contributed by atoms with E-state index < -0.39 is 6.10 Å². The second-order valence-corrected chi connectivity index (χ2v) is 7.77.